The molecule has 0 amide bonds. The van der Waals surface area contributed by atoms with Gasteiger partial charge < -0.3 is 20.3 Å². The number of nitrogens with one attached hydrogen (secondary N) is 2. The fourth-order valence-electron chi connectivity index (χ4n) is 4.43. The molecule has 7 heteroatoms. The predicted octanol–water partition coefficient (Wildman–Crippen LogP) is 3.70. The van der Waals surface area contributed by atoms with E-state index >= 15 is 0 Å². The predicted molar refractivity (Wildman–Crippen MR) is 120 cm³/mol. The lowest BCUT2D eigenvalue weighted by Crippen LogP contribution is -2.36. The van der Waals surface area contributed by atoms with Crippen LogP contribution in [0.3, 0.4) is 0 Å². The summed E-state index contributed by atoms with van der Waals surface area (Å²) < 4.78 is 5.52. The Morgan fingerprint density at radius 1 is 0.833 bits per heavy atom. The Morgan fingerprint density at radius 2 is 1.60 bits per heavy atom. The third-order valence-electron chi connectivity index (χ3n) is 6.04. The van der Waals surface area contributed by atoms with Gasteiger partial charge in [0.15, 0.2) is 0 Å². The fraction of sp³-hybridized carbons (Fsp3) is 0.435. The van der Waals surface area contributed by atoms with Gasteiger partial charge in [-0.25, -0.2) is 4.98 Å². The molecule has 156 valence electrons. The van der Waals surface area contributed by atoms with Crippen LogP contribution in [0.2, 0.25) is 0 Å². The maximum atomic E-state index is 5.52. The van der Waals surface area contributed by atoms with Crippen LogP contribution in [-0.4, -0.2) is 53.3 Å². The second-order valence-electron chi connectivity index (χ2n) is 8.07. The van der Waals surface area contributed by atoms with Crippen molar-refractivity contribution in [3.63, 3.8) is 0 Å². The summed E-state index contributed by atoms with van der Waals surface area (Å²) in [6.45, 7) is 3.37. The molecule has 1 saturated carbocycles. The third-order valence-corrected chi connectivity index (χ3v) is 6.04. The van der Waals surface area contributed by atoms with E-state index in [0.717, 1.165) is 74.5 Å². The molecule has 7 nitrogen and oxygen atoms in total. The summed E-state index contributed by atoms with van der Waals surface area (Å²) in [4.78, 5) is 16.0. The molecule has 5 rings (SSSR count). The summed E-state index contributed by atoms with van der Waals surface area (Å²) in [5, 5.41) is 7.35. The number of anilines is 3. The number of aromatic nitrogens is 3. The highest BCUT2D eigenvalue weighted by Gasteiger charge is 2.23. The summed E-state index contributed by atoms with van der Waals surface area (Å²) >= 11 is 0. The Balaban J connectivity index is 1.29. The average molecular weight is 405 g/mol. The average Bonchev–Trinajstić information content (AvgIpc) is 2.81. The molecule has 0 unspecified atom stereocenters. The molecule has 0 spiro atoms. The van der Waals surface area contributed by atoms with Gasteiger partial charge in [0.05, 0.1) is 24.4 Å². The number of hydrogen-bond donors (Lipinski definition) is 2. The van der Waals surface area contributed by atoms with Crippen molar-refractivity contribution in [3.8, 4) is 0 Å². The van der Waals surface area contributed by atoms with Gasteiger partial charge in [0.25, 0.3) is 0 Å². The second-order valence-corrected chi connectivity index (χ2v) is 8.07. The summed E-state index contributed by atoms with van der Waals surface area (Å²) in [7, 11) is 0. The van der Waals surface area contributed by atoms with Crippen molar-refractivity contribution < 1.29 is 4.74 Å². The molecule has 3 heterocycles. The Hall–Kier alpha value is -2.93. The lowest BCUT2D eigenvalue weighted by molar-refractivity contribution is 0.122. The van der Waals surface area contributed by atoms with Crippen LogP contribution in [0.4, 0.5) is 17.2 Å². The van der Waals surface area contributed by atoms with Crippen molar-refractivity contribution in [3.05, 3.63) is 48.9 Å². The lowest BCUT2D eigenvalue weighted by Gasteiger charge is -2.32. The van der Waals surface area contributed by atoms with Crippen LogP contribution >= 0.6 is 0 Å². The van der Waals surface area contributed by atoms with Crippen LogP contribution in [0, 0.1) is 0 Å². The number of ether oxygens (including phenoxy) is 1. The Bertz CT molecular complexity index is 968. The monoisotopic (exact) mass is 404 g/mol. The molecule has 1 aliphatic heterocycles. The molecule has 0 radical (unpaired) electrons. The molecule has 2 fully saturated rings. The minimum atomic E-state index is 0.442. The molecule has 1 aliphatic carbocycles. The van der Waals surface area contributed by atoms with Crippen molar-refractivity contribution in [2.75, 3.05) is 41.8 Å². The van der Waals surface area contributed by atoms with Crippen LogP contribution < -0.4 is 15.5 Å². The van der Waals surface area contributed by atoms with Crippen LogP contribution in [-0.2, 0) is 4.74 Å². The van der Waals surface area contributed by atoms with Crippen LogP contribution in [0.1, 0.15) is 25.7 Å². The smallest absolute Gasteiger partial charge is 0.126 e. The Morgan fingerprint density at radius 3 is 2.37 bits per heavy atom. The zero-order valence-corrected chi connectivity index (χ0v) is 17.1. The molecule has 2 aliphatic rings. The second kappa shape index (κ2) is 8.83. The van der Waals surface area contributed by atoms with Gasteiger partial charge in [-0.05, 0) is 49.9 Å². The third kappa shape index (κ3) is 4.31. The van der Waals surface area contributed by atoms with Gasteiger partial charge in [-0.15, -0.1) is 0 Å². The number of morpholine rings is 1. The normalized spacial score (nSPS) is 22.1. The van der Waals surface area contributed by atoms with Gasteiger partial charge in [0, 0.05) is 49.5 Å². The van der Waals surface area contributed by atoms with E-state index < -0.39 is 0 Å². The molecule has 3 aromatic rings. The summed E-state index contributed by atoms with van der Waals surface area (Å²) in [6.07, 6.45) is 9.87. The standard InChI is InChI=1S/C23H28N6O/c1-2-8-25-22(3-1)28-18-6-4-17(5-7-18)27-21-16-19(29-11-13-30-14-12-29)15-20-23(21)26-10-9-24-20/h1-3,8-10,15-18,27H,4-7,11-14H2,(H,25,28). The Kier molecular flexibility index (Phi) is 5.61. The highest BCUT2D eigenvalue weighted by atomic mass is 16.5. The molecule has 30 heavy (non-hydrogen) atoms. The zero-order chi connectivity index (χ0) is 20.2. The summed E-state index contributed by atoms with van der Waals surface area (Å²) in [5.74, 6) is 0.966. The molecule has 0 bridgehead atoms. The maximum absolute atomic E-state index is 5.52. The number of pyridine rings is 1. The molecule has 1 saturated heterocycles. The Labute approximate surface area is 176 Å². The SMILES string of the molecule is c1ccc(NC2CCC(Nc3cc(N4CCOCC4)cc4nccnc34)CC2)nc1. The highest BCUT2D eigenvalue weighted by molar-refractivity contribution is 5.91. The van der Waals surface area contributed by atoms with Gasteiger partial charge >= 0.3 is 0 Å². The number of rotatable bonds is 5. The van der Waals surface area contributed by atoms with E-state index in [2.05, 4.69) is 42.6 Å². The minimum absolute atomic E-state index is 0.442. The molecule has 0 atom stereocenters. The number of fused-ring (bicyclic) bond motifs is 1. The van der Waals surface area contributed by atoms with Gasteiger partial charge in [0.1, 0.15) is 11.3 Å². The minimum Gasteiger partial charge on any atom is -0.380 e. The van der Waals surface area contributed by atoms with E-state index in [0.29, 0.717) is 12.1 Å². The van der Waals surface area contributed by atoms with Crippen molar-refractivity contribution in [2.45, 2.75) is 37.8 Å². The van der Waals surface area contributed by atoms with E-state index in [1.807, 2.05) is 24.4 Å². The van der Waals surface area contributed by atoms with Crippen molar-refractivity contribution >= 4 is 28.2 Å². The fourth-order valence-corrected chi connectivity index (χ4v) is 4.43. The van der Waals surface area contributed by atoms with E-state index in [1.165, 1.54) is 5.69 Å². The summed E-state index contributed by atoms with van der Waals surface area (Å²) in [5.41, 5.74) is 4.17. The maximum Gasteiger partial charge on any atom is 0.126 e. The number of nitrogens with zero attached hydrogens (tertiary/aromatic N) is 4. The van der Waals surface area contributed by atoms with Crippen molar-refractivity contribution in [1.29, 1.82) is 0 Å². The van der Waals surface area contributed by atoms with Gasteiger partial charge in [0.2, 0.25) is 0 Å². The molecule has 1 aromatic carbocycles. The number of hydrogen-bond acceptors (Lipinski definition) is 7. The first-order valence-electron chi connectivity index (χ1n) is 10.9. The molecule has 2 aromatic heterocycles. The van der Waals surface area contributed by atoms with Gasteiger partial charge in [-0.2, -0.15) is 0 Å². The molecular weight excluding hydrogens is 376 g/mol. The van der Waals surface area contributed by atoms with Crippen LogP contribution in [0.25, 0.3) is 11.0 Å². The van der Waals surface area contributed by atoms with Gasteiger partial charge in [-0.1, -0.05) is 6.07 Å². The van der Waals surface area contributed by atoms with Crippen molar-refractivity contribution in [2.24, 2.45) is 0 Å². The first-order chi connectivity index (χ1) is 14.8. The van der Waals surface area contributed by atoms with E-state index in [-0.39, 0.29) is 0 Å². The van der Waals surface area contributed by atoms with Gasteiger partial charge in [-0.3, -0.25) is 9.97 Å². The quantitative estimate of drug-likeness (QED) is 0.672. The van der Waals surface area contributed by atoms with E-state index in [1.54, 1.807) is 12.4 Å². The van der Waals surface area contributed by atoms with Crippen LogP contribution in [0.5, 0.6) is 0 Å². The van der Waals surface area contributed by atoms with Crippen LogP contribution in [0.15, 0.2) is 48.9 Å². The summed E-state index contributed by atoms with van der Waals surface area (Å²) in [6, 6.07) is 11.3. The van der Waals surface area contributed by atoms with E-state index in [4.69, 9.17) is 4.74 Å². The largest absolute Gasteiger partial charge is 0.380 e. The molecular formula is C23H28N6O. The lowest BCUT2D eigenvalue weighted by atomic mass is 9.91. The zero-order valence-electron chi connectivity index (χ0n) is 17.1. The number of benzene rings is 1. The van der Waals surface area contributed by atoms with E-state index in [9.17, 15) is 0 Å². The highest BCUT2D eigenvalue weighted by Crippen LogP contribution is 2.31. The topological polar surface area (TPSA) is 75.2 Å². The van der Waals surface area contributed by atoms with Crippen molar-refractivity contribution in [1.82, 2.24) is 15.0 Å². The first kappa shape index (κ1) is 19.1. The molecule has 2 N–H and O–H groups in total. The first-order valence-corrected chi connectivity index (χ1v) is 10.9.